The summed E-state index contributed by atoms with van der Waals surface area (Å²) in [6.07, 6.45) is 1.68. The highest BCUT2D eigenvalue weighted by atomic mass is 16.5. The Kier molecular flexibility index (Phi) is 4.08. The first kappa shape index (κ1) is 16.8. The molecule has 0 fully saturated rings. The summed E-state index contributed by atoms with van der Waals surface area (Å²) in [6, 6.07) is 16.5. The number of nitrogens with zero attached hydrogens (tertiary/aromatic N) is 2. The molecule has 0 aliphatic heterocycles. The third kappa shape index (κ3) is 2.91. The lowest BCUT2D eigenvalue weighted by Crippen LogP contribution is -2.06. The van der Waals surface area contributed by atoms with E-state index in [9.17, 15) is 9.59 Å². The van der Waals surface area contributed by atoms with Gasteiger partial charge >= 0.3 is 11.9 Å². The van der Waals surface area contributed by atoms with Crippen molar-refractivity contribution in [1.29, 1.82) is 0 Å². The molecule has 0 spiro atoms. The molecule has 0 unspecified atom stereocenters. The second-order valence-corrected chi connectivity index (χ2v) is 6.02. The van der Waals surface area contributed by atoms with E-state index in [0.29, 0.717) is 28.4 Å². The Morgan fingerprint density at radius 3 is 1.78 bits per heavy atom. The van der Waals surface area contributed by atoms with Crippen LogP contribution in [0.15, 0.2) is 60.8 Å². The van der Waals surface area contributed by atoms with Crippen LogP contribution in [0.3, 0.4) is 0 Å². The molecule has 27 heavy (non-hydrogen) atoms. The fourth-order valence-corrected chi connectivity index (χ4v) is 3.24. The summed E-state index contributed by atoms with van der Waals surface area (Å²) < 4.78 is 12.7. The molecule has 4 aromatic rings. The number of para-hydroxylation sites is 2. The summed E-state index contributed by atoms with van der Waals surface area (Å²) in [7, 11) is 0. The smallest absolute Gasteiger partial charge is 0.308 e. The molecule has 0 amide bonds. The largest absolute Gasteiger partial charge is 0.424 e. The first-order valence-corrected chi connectivity index (χ1v) is 8.40. The van der Waals surface area contributed by atoms with Crippen LogP contribution in [0.4, 0.5) is 0 Å². The molecule has 134 valence electrons. The number of benzene rings is 2. The Hall–Kier alpha value is -3.67. The van der Waals surface area contributed by atoms with E-state index in [-0.39, 0.29) is 0 Å². The van der Waals surface area contributed by atoms with Gasteiger partial charge in [-0.15, -0.1) is 0 Å². The molecule has 0 bridgehead atoms. The van der Waals surface area contributed by atoms with Crippen LogP contribution in [-0.4, -0.2) is 21.5 Å². The number of fused-ring (bicyclic) bond motifs is 3. The third-order valence-electron chi connectivity index (χ3n) is 4.12. The van der Waals surface area contributed by atoms with Crippen LogP contribution in [0.25, 0.3) is 27.6 Å². The van der Waals surface area contributed by atoms with E-state index >= 15 is 0 Å². The highest BCUT2D eigenvalue weighted by Crippen LogP contribution is 2.40. The monoisotopic (exact) mass is 360 g/mol. The highest BCUT2D eigenvalue weighted by molar-refractivity contribution is 6.13. The Morgan fingerprint density at radius 1 is 0.778 bits per heavy atom. The number of carbonyl (C=O) groups is 2. The van der Waals surface area contributed by atoms with Crippen molar-refractivity contribution in [2.45, 2.75) is 13.8 Å². The van der Waals surface area contributed by atoms with Crippen molar-refractivity contribution >= 4 is 33.7 Å². The number of ether oxygens (including phenoxy) is 2. The molecule has 0 aliphatic carbocycles. The molecular weight excluding hydrogens is 344 g/mol. The van der Waals surface area contributed by atoms with E-state index in [1.165, 1.54) is 13.8 Å². The van der Waals surface area contributed by atoms with Crippen molar-refractivity contribution in [1.82, 2.24) is 9.55 Å². The molecule has 0 saturated carbocycles. The van der Waals surface area contributed by atoms with Gasteiger partial charge in [0.25, 0.3) is 0 Å². The van der Waals surface area contributed by atoms with Gasteiger partial charge in [0.15, 0.2) is 11.5 Å². The topological polar surface area (TPSA) is 70.4 Å². The van der Waals surface area contributed by atoms with E-state index in [0.717, 1.165) is 10.8 Å². The average Bonchev–Trinajstić information content (AvgIpc) is 2.98. The predicted molar refractivity (Wildman–Crippen MR) is 101 cm³/mol. The molecule has 0 N–H and O–H groups in total. The summed E-state index contributed by atoms with van der Waals surface area (Å²) in [5.41, 5.74) is 1.36. The van der Waals surface area contributed by atoms with Gasteiger partial charge in [-0.2, -0.15) is 0 Å². The Labute approximate surface area is 155 Å². The number of aromatic nitrogens is 2. The maximum absolute atomic E-state index is 11.6. The van der Waals surface area contributed by atoms with E-state index in [2.05, 4.69) is 4.98 Å². The lowest BCUT2D eigenvalue weighted by molar-refractivity contribution is -0.132. The van der Waals surface area contributed by atoms with Crippen molar-refractivity contribution in [2.24, 2.45) is 0 Å². The van der Waals surface area contributed by atoms with Crippen molar-refractivity contribution in [3.63, 3.8) is 0 Å². The van der Waals surface area contributed by atoms with Crippen molar-refractivity contribution in [3.05, 3.63) is 60.8 Å². The van der Waals surface area contributed by atoms with Gasteiger partial charge < -0.3 is 9.47 Å². The van der Waals surface area contributed by atoms with E-state index in [4.69, 9.17) is 9.47 Å². The summed E-state index contributed by atoms with van der Waals surface area (Å²) in [5, 5.41) is 1.73. The third-order valence-corrected chi connectivity index (χ3v) is 4.12. The van der Waals surface area contributed by atoms with Crippen molar-refractivity contribution in [2.75, 3.05) is 0 Å². The van der Waals surface area contributed by atoms with Gasteiger partial charge in [-0.3, -0.25) is 14.2 Å². The molecule has 2 heterocycles. The molecule has 0 radical (unpaired) electrons. The predicted octanol–water partition coefficient (Wildman–Crippen LogP) is 4.03. The molecule has 4 rings (SSSR count). The summed E-state index contributed by atoms with van der Waals surface area (Å²) in [6.45, 7) is 2.72. The number of hydrogen-bond acceptors (Lipinski definition) is 5. The van der Waals surface area contributed by atoms with E-state index < -0.39 is 11.9 Å². The standard InChI is InChI=1S/C21H16N2O4/c1-13(24)26-17-9-5-7-15-16-8-6-10-18(27-14(2)25)21(16)23(20(15)17)19-11-3-4-12-22-19/h3-12H,1-2H3. The number of esters is 2. The lowest BCUT2D eigenvalue weighted by atomic mass is 10.1. The second-order valence-electron chi connectivity index (χ2n) is 6.02. The fourth-order valence-electron chi connectivity index (χ4n) is 3.24. The van der Waals surface area contributed by atoms with Crippen LogP contribution in [0.1, 0.15) is 13.8 Å². The van der Waals surface area contributed by atoms with Crippen LogP contribution < -0.4 is 9.47 Å². The van der Waals surface area contributed by atoms with Gasteiger partial charge in [-0.1, -0.05) is 30.3 Å². The van der Waals surface area contributed by atoms with Gasteiger partial charge in [-0.05, 0) is 24.3 Å². The maximum Gasteiger partial charge on any atom is 0.308 e. The van der Waals surface area contributed by atoms with Crippen molar-refractivity contribution < 1.29 is 19.1 Å². The van der Waals surface area contributed by atoms with Crippen LogP contribution in [0.2, 0.25) is 0 Å². The normalized spacial score (nSPS) is 10.9. The molecule has 6 nitrogen and oxygen atoms in total. The zero-order chi connectivity index (χ0) is 19.0. The number of pyridine rings is 1. The number of rotatable bonds is 3. The molecule has 0 aliphatic rings. The molecular formula is C21H16N2O4. The summed E-state index contributed by atoms with van der Waals surface area (Å²) >= 11 is 0. The van der Waals surface area contributed by atoms with Crippen LogP contribution in [0.5, 0.6) is 11.5 Å². The van der Waals surface area contributed by atoms with Gasteiger partial charge in [0.2, 0.25) is 0 Å². The second kappa shape index (κ2) is 6.57. The highest BCUT2D eigenvalue weighted by Gasteiger charge is 2.21. The SMILES string of the molecule is CC(=O)Oc1cccc2c3cccc(OC(C)=O)c3n(-c3ccccn3)c12. The van der Waals surface area contributed by atoms with Gasteiger partial charge in [0.05, 0.1) is 11.0 Å². The molecule has 6 heteroatoms. The van der Waals surface area contributed by atoms with Gasteiger partial charge in [-0.25, -0.2) is 4.98 Å². The zero-order valence-electron chi connectivity index (χ0n) is 14.8. The molecule has 0 atom stereocenters. The maximum atomic E-state index is 11.6. The minimum absolute atomic E-state index is 0.413. The summed E-state index contributed by atoms with van der Waals surface area (Å²) in [4.78, 5) is 27.7. The van der Waals surface area contributed by atoms with Crippen LogP contribution in [0, 0.1) is 0 Å². The lowest BCUT2D eigenvalue weighted by Gasteiger charge is -2.11. The molecule has 0 saturated heterocycles. The minimum Gasteiger partial charge on any atom is -0.424 e. The Bertz CT molecular complexity index is 1110. The van der Waals surface area contributed by atoms with E-state index in [1.54, 1.807) is 18.3 Å². The number of hydrogen-bond donors (Lipinski definition) is 0. The Morgan fingerprint density at radius 2 is 1.33 bits per heavy atom. The fraction of sp³-hybridized carbons (Fsp3) is 0.0952. The minimum atomic E-state index is -0.416. The van der Waals surface area contributed by atoms with Crippen LogP contribution >= 0.6 is 0 Å². The first-order valence-electron chi connectivity index (χ1n) is 8.40. The van der Waals surface area contributed by atoms with Gasteiger partial charge in [0.1, 0.15) is 5.82 Å². The quantitative estimate of drug-likeness (QED) is 0.407. The van der Waals surface area contributed by atoms with Gasteiger partial charge in [0, 0.05) is 30.8 Å². The first-order chi connectivity index (χ1) is 13.1. The zero-order valence-corrected chi connectivity index (χ0v) is 14.8. The Balaban J connectivity index is 2.19. The van der Waals surface area contributed by atoms with Crippen molar-refractivity contribution in [3.8, 4) is 17.3 Å². The molecule has 2 aromatic carbocycles. The summed E-state index contributed by atoms with van der Waals surface area (Å²) in [5.74, 6) is 0.615. The average molecular weight is 360 g/mol. The van der Waals surface area contributed by atoms with Crippen LogP contribution in [-0.2, 0) is 9.59 Å². The number of carbonyl (C=O) groups excluding carboxylic acids is 2. The van der Waals surface area contributed by atoms with E-state index in [1.807, 2.05) is 47.0 Å². The molecule has 2 aromatic heterocycles.